The van der Waals surface area contributed by atoms with Crippen LogP contribution in [0.2, 0.25) is 0 Å². The van der Waals surface area contributed by atoms with Gasteiger partial charge >= 0.3 is 5.97 Å². The van der Waals surface area contributed by atoms with E-state index < -0.39 is 11.9 Å². The zero-order valence-electron chi connectivity index (χ0n) is 10.1. The van der Waals surface area contributed by atoms with E-state index in [1.807, 2.05) is 0 Å². The van der Waals surface area contributed by atoms with Crippen LogP contribution in [0.4, 0.5) is 4.39 Å². The maximum absolute atomic E-state index is 12.8. The normalized spacial score (nSPS) is 18.5. The number of aliphatic carboxylic acids is 1. The summed E-state index contributed by atoms with van der Waals surface area (Å²) in [6.45, 7) is 1.42. The molecule has 1 aliphatic heterocycles. The zero-order chi connectivity index (χ0) is 13.0. The first-order chi connectivity index (χ1) is 8.66. The predicted octanol–water partition coefficient (Wildman–Crippen LogP) is 2.81. The largest absolute Gasteiger partial charge is 0.481 e. The molecule has 18 heavy (non-hydrogen) atoms. The van der Waals surface area contributed by atoms with E-state index in [2.05, 4.69) is 0 Å². The first kappa shape index (κ1) is 13.0. The minimum absolute atomic E-state index is 0.339. The van der Waals surface area contributed by atoms with Crippen molar-refractivity contribution in [3.05, 3.63) is 35.6 Å². The van der Waals surface area contributed by atoms with E-state index in [0.717, 1.165) is 12.8 Å². The summed E-state index contributed by atoms with van der Waals surface area (Å²) in [7, 11) is 0. The number of carboxylic acid groups (broad SMARTS) is 1. The van der Waals surface area contributed by atoms with Crippen LogP contribution >= 0.6 is 0 Å². The zero-order valence-corrected chi connectivity index (χ0v) is 10.1. The highest BCUT2D eigenvalue weighted by molar-refractivity contribution is 5.76. The van der Waals surface area contributed by atoms with E-state index in [-0.39, 0.29) is 5.82 Å². The fraction of sp³-hybridized carbons (Fsp3) is 0.500. The maximum atomic E-state index is 12.8. The summed E-state index contributed by atoms with van der Waals surface area (Å²) in [5.41, 5.74) is 0.676. The predicted molar refractivity (Wildman–Crippen MR) is 64.9 cm³/mol. The lowest BCUT2D eigenvalue weighted by Crippen LogP contribution is -2.21. The monoisotopic (exact) mass is 252 g/mol. The molecule has 98 valence electrons. The van der Waals surface area contributed by atoms with Crippen LogP contribution in [0.15, 0.2) is 24.3 Å². The lowest BCUT2D eigenvalue weighted by atomic mass is 9.85. The van der Waals surface area contributed by atoms with Gasteiger partial charge in [0.05, 0.1) is 5.92 Å². The Morgan fingerprint density at radius 1 is 1.33 bits per heavy atom. The second kappa shape index (κ2) is 5.96. The van der Waals surface area contributed by atoms with Crippen molar-refractivity contribution < 1.29 is 19.0 Å². The van der Waals surface area contributed by atoms with Crippen molar-refractivity contribution in [3.63, 3.8) is 0 Å². The van der Waals surface area contributed by atoms with Crippen LogP contribution in [0, 0.1) is 11.7 Å². The van der Waals surface area contributed by atoms with E-state index in [1.165, 1.54) is 12.1 Å². The minimum Gasteiger partial charge on any atom is -0.481 e. The second-order valence-electron chi connectivity index (χ2n) is 4.73. The molecule has 0 aliphatic carbocycles. The van der Waals surface area contributed by atoms with Gasteiger partial charge in [-0.15, -0.1) is 0 Å². The van der Waals surface area contributed by atoms with Gasteiger partial charge in [-0.05, 0) is 42.9 Å². The van der Waals surface area contributed by atoms with Crippen LogP contribution < -0.4 is 0 Å². The van der Waals surface area contributed by atoms with E-state index >= 15 is 0 Å². The van der Waals surface area contributed by atoms with E-state index in [9.17, 15) is 14.3 Å². The summed E-state index contributed by atoms with van der Waals surface area (Å²) >= 11 is 0. The highest BCUT2D eigenvalue weighted by atomic mass is 19.1. The molecule has 0 radical (unpaired) electrons. The molecular weight excluding hydrogens is 235 g/mol. The van der Waals surface area contributed by atoms with Gasteiger partial charge in [-0.3, -0.25) is 4.79 Å². The number of halogens is 1. The van der Waals surface area contributed by atoms with E-state index in [4.69, 9.17) is 4.74 Å². The molecule has 2 rings (SSSR count). The molecular formula is C14H17FO3. The van der Waals surface area contributed by atoms with E-state index in [0.29, 0.717) is 31.1 Å². The van der Waals surface area contributed by atoms with E-state index in [1.54, 1.807) is 12.1 Å². The average Bonchev–Trinajstić information content (AvgIpc) is 2.38. The first-order valence-electron chi connectivity index (χ1n) is 6.23. The highest BCUT2D eigenvalue weighted by Gasteiger charge is 2.25. The number of ether oxygens (including phenoxy) is 1. The third-order valence-electron chi connectivity index (χ3n) is 3.48. The molecule has 0 spiro atoms. The molecule has 3 nitrogen and oxygen atoms in total. The Morgan fingerprint density at radius 2 is 1.94 bits per heavy atom. The Bertz CT molecular complexity index is 396. The Labute approximate surface area is 106 Å². The summed E-state index contributed by atoms with van der Waals surface area (Å²) in [6, 6.07) is 5.76. The van der Waals surface area contributed by atoms with Gasteiger partial charge in [0.2, 0.25) is 0 Å². The van der Waals surface area contributed by atoms with Crippen LogP contribution in [-0.2, 0) is 9.53 Å². The fourth-order valence-electron chi connectivity index (χ4n) is 2.39. The molecule has 1 saturated heterocycles. The van der Waals surface area contributed by atoms with Crippen molar-refractivity contribution in [2.45, 2.75) is 25.2 Å². The smallest absolute Gasteiger partial charge is 0.310 e. The molecule has 1 fully saturated rings. The van der Waals surface area contributed by atoms with Crippen LogP contribution in [0.3, 0.4) is 0 Å². The van der Waals surface area contributed by atoms with Crippen LogP contribution in [-0.4, -0.2) is 24.3 Å². The number of carbonyl (C=O) groups is 1. The Morgan fingerprint density at radius 3 is 2.50 bits per heavy atom. The van der Waals surface area contributed by atoms with Gasteiger partial charge < -0.3 is 9.84 Å². The van der Waals surface area contributed by atoms with Gasteiger partial charge in [0.15, 0.2) is 0 Å². The van der Waals surface area contributed by atoms with Crippen molar-refractivity contribution in [2.75, 3.05) is 13.2 Å². The SMILES string of the molecule is O=C(O)C(CC1CCOCC1)c1ccc(F)cc1. The lowest BCUT2D eigenvalue weighted by Gasteiger charge is -2.25. The molecule has 0 amide bonds. The third kappa shape index (κ3) is 3.29. The molecule has 1 aromatic rings. The number of carboxylic acids is 1. The topological polar surface area (TPSA) is 46.5 Å². The second-order valence-corrected chi connectivity index (χ2v) is 4.73. The van der Waals surface area contributed by atoms with Gasteiger partial charge in [0, 0.05) is 13.2 Å². The fourth-order valence-corrected chi connectivity index (χ4v) is 2.39. The maximum Gasteiger partial charge on any atom is 0.310 e. The van der Waals surface area contributed by atoms with Crippen molar-refractivity contribution >= 4 is 5.97 Å². The lowest BCUT2D eigenvalue weighted by molar-refractivity contribution is -0.139. The number of benzene rings is 1. The van der Waals surface area contributed by atoms with Crippen molar-refractivity contribution in [2.24, 2.45) is 5.92 Å². The third-order valence-corrected chi connectivity index (χ3v) is 3.48. The quantitative estimate of drug-likeness (QED) is 0.896. The van der Waals surface area contributed by atoms with Gasteiger partial charge in [0.1, 0.15) is 5.82 Å². The minimum atomic E-state index is -0.840. The highest BCUT2D eigenvalue weighted by Crippen LogP contribution is 2.29. The summed E-state index contributed by atoms with van der Waals surface area (Å²) in [5, 5.41) is 9.30. The van der Waals surface area contributed by atoms with Crippen molar-refractivity contribution in [1.29, 1.82) is 0 Å². The molecule has 0 aromatic heterocycles. The van der Waals surface area contributed by atoms with Crippen molar-refractivity contribution in [1.82, 2.24) is 0 Å². The molecule has 4 heteroatoms. The number of rotatable bonds is 4. The van der Waals surface area contributed by atoms with Gasteiger partial charge in [-0.2, -0.15) is 0 Å². The molecule has 1 aromatic carbocycles. The molecule has 1 atom stereocenters. The summed E-state index contributed by atoms with van der Waals surface area (Å²) in [5.74, 6) is -1.35. The Kier molecular flexibility index (Phi) is 4.31. The molecule has 1 N–H and O–H groups in total. The van der Waals surface area contributed by atoms with Gasteiger partial charge in [-0.25, -0.2) is 4.39 Å². The Hall–Kier alpha value is -1.42. The summed E-state index contributed by atoms with van der Waals surface area (Å²) in [4.78, 5) is 11.3. The molecule has 1 heterocycles. The molecule has 1 unspecified atom stereocenters. The molecule has 0 saturated carbocycles. The van der Waals surface area contributed by atoms with Crippen LogP contribution in [0.5, 0.6) is 0 Å². The molecule has 0 bridgehead atoms. The number of hydrogen-bond acceptors (Lipinski definition) is 2. The molecule has 1 aliphatic rings. The van der Waals surface area contributed by atoms with Gasteiger partial charge in [0.25, 0.3) is 0 Å². The first-order valence-corrected chi connectivity index (χ1v) is 6.23. The summed E-state index contributed by atoms with van der Waals surface area (Å²) < 4.78 is 18.1. The van der Waals surface area contributed by atoms with Crippen LogP contribution in [0.1, 0.15) is 30.7 Å². The standard InChI is InChI=1S/C14H17FO3/c15-12-3-1-11(2-4-12)13(14(16)17)9-10-5-7-18-8-6-10/h1-4,10,13H,5-9H2,(H,16,17). The Balaban J connectivity index is 2.07. The number of hydrogen-bond donors (Lipinski definition) is 1. The van der Waals surface area contributed by atoms with Crippen molar-refractivity contribution in [3.8, 4) is 0 Å². The summed E-state index contributed by atoms with van der Waals surface area (Å²) in [6.07, 6.45) is 2.42. The van der Waals surface area contributed by atoms with Crippen LogP contribution in [0.25, 0.3) is 0 Å². The average molecular weight is 252 g/mol. The van der Waals surface area contributed by atoms with Gasteiger partial charge in [-0.1, -0.05) is 12.1 Å².